The number of hydrogen-bond donors (Lipinski definition) is 3. The van der Waals surface area contributed by atoms with Crippen molar-refractivity contribution in [1.82, 2.24) is 4.98 Å². The van der Waals surface area contributed by atoms with Gasteiger partial charge in [-0.15, -0.1) is 0 Å². The Labute approximate surface area is 122 Å². The third-order valence-electron chi connectivity index (χ3n) is 3.97. The van der Waals surface area contributed by atoms with Crippen LogP contribution in [0.3, 0.4) is 0 Å². The number of benzene rings is 2. The number of para-hydroxylation sites is 1. The van der Waals surface area contributed by atoms with Crippen LogP contribution in [0.1, 0.15) is 11.5 Å². The highest BCUT2D eigenvalue weighted by Crippen LogP contribution is 2.32. The lowest BCUT2D eigenvalue weighted by Crippen LogP contribution is -2.22. The average molecular weight is 277 g/mol. The van der Waals surface area contributed by atoms with Crippen LogP contribution in [0.15, 0.2) is 54.7 Å². The van der Waals surface area contributed by atoms with Gasteiger partial charge in [0, 0.05) is 35.0 Å². The molecule has 0 saturated heterocycles. The maximum absolute atomic E-state index is 12.5. The van der Waals surface area contributed by atoms with E-state index in [2.05, 4.69) is 15.6 Å². The minimum Gasteiger partial charge on any atom is -0.384 e. The number of anilines is 2. The van der Waals surface area contributed by atoms with Gasteiger partial charge in [0.1, 0.15) is 0 Å². The molecule has 0 radical (unpaired) electrons. The van der Waals surface area contributed by atoms with E-state index in [-0.39, 0.29) is 11.8 Å². The maximum Gasteiger partial charge on any atom is 0.233 e. The van der Waals surface area contributed by atoms with Gasteiger partial charge >= 0.3 is 0 Å². The molecule has 1 aromatic heterocycles. The highest BCUT2D eigenvalue weighted by atomic mass is 16.1. The van der Waals surface area contributed by atoms with E-state index in [0.29, 0.717) is 6.54 Å². The maximum atomic E-state index is 12.5. The molecule has 3 N–H and O–H groups in total. The third-order valence-corrected chi connectivity index (χ3v) is 3.97. The lowest BCUT2D eigenvalue weighted by molar-refractivity contribution is -0.117. The second kappa shape index (κ2) is 4.66. The number of carbonyl (C=O) groups is 1. The van der Waals surface area contributed by atoms with Crippen molar-refractivity contribution in [3.8, 4) is 0 Å². The predicted molar refractivity (Wildman–Crippen MR) is 84.6 cm³/mol. The first-order valence-corrected chi connectivity index (χ1v) is 7.02. The molecular formula is C17H15N3O. The van der Waals surface area contributed by atoms with Crippen LogP contribution in [-0.2, 0) is 4.79 Å². The van der Waals surface area contributed by atoms with Crippen molar-refractivity contribution in [2.24, 2.45) is 0 Å². The number of nitrogens with one attached hydrogen (secondary N) is 3. The first-order valence-electron chi connectivity index (χ1n) is 7.02. The Kier molecular flexibility index (Phi) is 2.67. The number of hydrogen-bond acceptors (Lipinski definition) is 2. The fraction of sp³-hybridized carbons (Fsp3) is 0.118. The summed E-state index contributed by atoms with van der Waals surface area (Å²) in [5.74, 6) is -0.106. The monoisotopic (exact) mass is 277 g/mol. The number of aromatic nitrogens is 1. The molecule has 104 valence electrons. The van der Waals surface area contributed by atoms with Crippen LogP contribution in [0.5, 0.6) is 0 Å². The van der Waals surface area contributed by atoms with Crippen molar-refractivity contribution in [3.05, 3.63) is 60.3 Å². The Morgan fingerprint density at radius 2 is 2.05 bits per heavy atom. The summed E-state index contributed by atoms with van der Waals surface area (Å²) in [6.45, 7) is 0.650. The van der Waals surface area contributed by atoms with E-state index in [1.807, 2.05) is 54.7 Å². The molecule has 1 aliphatic rings. The Morgan fingerprint density at radius 3 is 3.00 bits per heavy atom. The average Bonchev–Trinajstić information content (AvgIpc) is 3.13. The van der Waals surface area contributed by atoms with Crippen molar-refractivity contribution in [2.75, 3.05) is 17.2 Å². The first-order chi connectivity index (χ1) is 10.3. The number of fused-ring (bicyclic) bond motifs is 2. The largest absolute Gasteiger partial charge is 0.384 e. The van der Waals surface area contributed by atoms with Gasteiger partial charge in [0.05, 0.1) is 5.92 Å². The molecule has 21 heavy (non-hydrogen) atoms. The molecule has 1 amide bonds. The normalized spacial score (nSPS) is 16.5. The molecule has 1 aliphatic heterocycles. The van der Waals surface area contributed by atoms with E-state index >= 15 is 0 Å². The van der Waals surface area contributed by atoms with Crippen molar-refractivity contribution in [1.29, 1.82) is 0 Å². The summed E-state index contributed by atoms with van der Waals surface area (Å²) >= 11 is 0. The molecule has 0 bridgehead atoms. The van der Waals surface area contributed by atoms with Crippen LogP contribution < -0.4 is 10.6 Å². The summed E-state index contributed by atoms with van der Waals surface area (Å²) < 4.78 is 0. The predicted octanol–water partition coefficient (Wildman–Crippen LogP) is 3.32. The van der Waals surface area contributed by atoms with Crippen LogP contribution in [0.25, 0.3) is 10.9 Å². The molecule has 0 fully saturated rings. The number of rotatable bonds is 2. The van der Waals surface area contributed by atoms with Crippen LogP contribution in [0.2, 0.25) is 0 Å². The first kappa shape index (κ1) is 12.0. The van der Waals surface area contributed by atoms with E-state index in [1.54, 1.807) is 0 Å². The van der Waals surface area contributed by atoms with Gasteiger partial charge in [-0.3, -0.25) is 4.79 Å². The van der Waals surface area contributed by atoms with Gasteiger partial charge in [-0.1, -0.05) is 18.2 Å². The summed E-state index contributed by atoms with van der Waals surface area (Å²) in [6, 6.07) is 15.8. The molecular weight excluding hydrogens is 262 g/mol. The van der Waals surface area contributed by atoms with E-state index in [4.69, 9.17) is 0 Å². The van der Waals surface area contributed by atoms with E-state index in [0.717, 1.165) is 27.8 Å². The zero-order chi connectivity index (χ0) is 14.2. The zero-order valence-corrected chi connectivity index (χ0v) is 11.4. The van der Waals surface area contributed by atoms with Gasteiger partial charge < -0.3 is 15.6 Å². The van der Waals surface area contributed by atoms with Crippen molar-refractivity contribution in [2.45, 2.75) is 5.92 Å². The highest BCUT2D eigenvalue weighted by molar-refractivity contribution is 5.99. The van der Waals surface area contributed by atoms with Crippen LogP contribution >= 0.6 is 0 Å². The van der Waals surface area contributed by atoms with Crippen LogP contribution in [0, 0.1) is 0 Å². The van der Waals surface area contributed by atoms with Gasteiger partial charge in [-0.25, -0.2) is 0 Å². The lowest BCUT2D eigenvalue weighted by Gasteiger charge is -2.11. The molecule has 1 unspecified atom stereocenters. The minimum absolute atomic E-state index is 0.0299. The molecule has 2 aromatic carbocycles. The minimum atomic E-state index is -0.136. The number of aromatic amines is 1. The Balaban J connectivity index is 1.58. The molecule has 4 nitrogen and oxygen atoms in total. The van der Waals surface area contributed by atoms with Gasteiger partial charge in [0.2, 0.25) is 5.91 Å². The molecule has 1 atom stereocenters. The Hall–Kier alpha value is -2.75. The van der Waals surface area contributed by atoms with Gasteiger partial charge in [-0.2, -0.15) is 0 Å². The smallest absolute Gasteiger partial charge is 0.233 e. The topological polar surface area (TPSA) is 56.9 Å². The van der Waals surface area contributed by atoms with E-state index in [9.17, 15) is 4.79 Å². The summed E-state index contributed by atoms with van der Waals surface area (Å²) in [7, 11) is 0. The lowest BCUT2D eigenvalue weighted by atomic mass is 10.0. The number of amides is 1. The summed E-state index contributed by atoms with van der Waals surface area (Å²) in [4.78, 5) is 15.6. The standard InChI is InChI=1S/C17H15N3O/c21-17(14-10-19-16-4-2-1-3-13(14)16)20-12-5-6-15-11(9-12)7-8-18-15/h1-9,14,18-19H,10H2,(H,20,21). The summed E-state index contributed by atoms with van der Waals surface area (Å²) in [5.41, 5.74) is 4.02. The number of carbonyl (C=O) groups excluding carboxylic acids is 1. The summed E-state index contributed by atoms with van der Waals surface area (Å²) in [5, 5.41) is 7.39. The number of H-pyrrole nitrogens is 1. The molecule has 0 aliphatic carbocycles. The molecule has 0 spiro atoms. The van der Waals surface area contributed by atoms with Crippen LogP contribution in [0.4, 0.5) is 11.4 Å². The molecule has 4 rings (SSSR count). The Bertz CT molecular complexity index is 822. The van der Waals surface area contributed by atoms with Crippen molar-refractivity contribution < 1.29 is 4.79 Å². The second-order valence-electron chi connectivity index (χ2n) is 5.29. The van der Waals surface area contributed by atoms with Crippen molar-refractivity contribution in [3.63, 3.8) is 0 Å². The second-order valence-corrected chi connectivity index (χ2v) is 5.29. The SMILES string of the molecule is O=C(Nc1ccc2[nH]ccc2c1)C1CNc2ccccc21. The quantitative estimate of drug-likeness (QED) is 0.673. The van der Waals surface area contributed by atoms with E-state index < -0.39 is 0 Å². The van der Waals surface area contributed by atoms with Crippen LogP contribution in [-0.4, -0.2) is 17.4 Å². The molecule has 0 saturated carbocycles. The molecule has 4 heteroatoms. The fourth-order valence-corrected chi connectivity index (χ4v) is 2.88. The van der Waals surface area contributed by atoms with Gasteiger partial charge in [0.25, 0.3) is 0 Å². The zero-order valence-electron chi connectivity index (χ0n) is 11.4. The molecule has 2 heterocycles. The van der Waals surface area contributed by atoms with Crippen molar-refractivity contribution >= 4 is 28.2 Å². The van der Waals surface area contributed by atoms with E-state index in [1.165, 1.54) is 0 Å². The summed E-state index contributed by atoms with van der Waals surface area (Å²) in [6.07, 6.45) is 1.90. The molecule has 3 aromatic rings. The highest BCUT2D eigenvalue weighted by Gasteiger charge is 2.28. The van der Waals surface area contributed by atoms with Gasteiger partial charge in [0.15, 0.2) is 0 Å². The third kappa shape index (κ3) is 2.05. The Morgan fingerprint density at radius 1 is 1.14 bits per heavy atom. The van der Waals surface area contributed by atoms with Gasteiger partial charge in [-0.05, 0) is 35.9 Å². The fourth-order valence-electron chi connectivity index (χ4n) is 2.88.